The van der Waals surface area contributed by atoms with Gasteiger partial charge < -0.3 is 15.8 Å². The lowest BCUT2D eigenvalue weighted by Gasteiger charge is -2.08. The molecule has 0 atom stereocenters. The molecular formula is C17H20N2O2. The Kier molecular flexibility index (Phi) is 5.79. The molecule has 0 radical (unpaired) electrons. The Bertz CT molecular complexity index is 553. The summed E-state index contributed by atoms with van der Waals surface area (Å²) < 4.78 is 5.38. The first-order valence-corrected chi connectivity index (χ1v) is 7.00. The highest BCUT2D eigenvalue weighted by molar-refractivity contribution is 5.77. The summed E-state index contributed by atoms with van der Waals surface area (Å²) >= 11 is 0. The predicted molar refractivity (Wildman–Crippen MR) is 83.0 cm³/mol. The number of carbonyl (C=O) groups excluding carboxylic acids is 1. The van der Waals surface area contributed by atoms with Crippen LogP contribution in [-0.4, -0.2) is 19.1 Å². The largest absolute Gasteiger partial charge is 0.484 e. The summed E-state index contributed by atoms with van der Waals surface area (Å²) in [6, 6.07) is 17.4. The minimum absolute atomic E-state index is 0.0231. The van der Waals surface area contributed by atoms with E-state index >= 15 is 0 Å². The summed E-state index contributed by atoms with van der Waals surface area (Å²) in [6.07, 6.45) is 0.873. The van der Waals surface area contributed by atoms with Crippen LogP contribution in [0.3, 0.4) is 0 Å². The van der Waals surface area contributed by atoms with Gasteiger partial charge in [0.25, 0.3) is 5.91 Å². The minimum atomic E-state index is -0.134. The number of rotatable bonds is 7. The Morgan fingerprint density at radius 2 is 1.67 bits per heavy atom. The zero-order valence-electron chi connectivity index (χ0n) is 11.9. The monoisotopic (exact) mass is 284 g/mol. The van der Waals surface area contributed by atoms with Crippen LogP contribution in [0.15, 0.2) is 54.6 Å². The first-order valence-electron chi connectivity index (χ1n) is 7.00. The summed E-state index contributed by atoms with van der Waals surface area (Å²) in [6.45, 7) is 1.17. The summed E-state index contributed by atoms with van der Waals surface area (Å²) in [5, 5.41) is 2.83. The summed E-state index contributed by atoms with van der Waals surface area (Å²) in [5.74, 6) is 0.559. The van der Waals surface area contributed by atoms with E-state index in [9.17, 15) is 4.79 Å². The highest BCUT2D eigenvalue weighted by atomic mass is 16.5. The topological polar surface area (TPSA) is 64.3 Å². The van der Waals surface area contributed by atoms with Crippen molar-refractivity contribution in [3.8, 4) is 5.75 Å². The van der Waals surface area contributed by atoms with E-state index in [0.29, 0.717) is 18.8 Å². The van der Waals surface area contributed by atoms with E-state index in [2.05, 4.69) is 5.32 Å². The second kappa shape index (κ2) is 8.07. The van der Waals surface area contributed by atoms with Crippen LogP contribution in [0.25, 0.3) is 0 Å². The van der Waals surface area contributed by atoms with Gasteiger partial charge in [-0.15, -0.1) is 0 Å². The van der Waals surface area contributed by atoms with Crippen LogP contribution in [-0.2, 0) is 17.8 Å². The molecule has 0 aliphatic carbocycles. The van der Waals surface area contributed by atoms with Crippen molar-refractivity contribution in [3.05, 3.63) is 65.7 Å². The normalized spacial score (nSPS) is 10.1. The molecule has 0 heterocycles. The van der Waals surface area contributed by atoms with Crippen LogP contribution in [0.2, 0.25) is 0 Å². The fraction of sp³-hybridized carbons (Fsp3) is 0.235. The SMILES string of the molecule is NCCc1ccc(CNC(=O)COc2ccccc2)cc1. The highest BCUT2D eigenvalue weighted by Crippen LogP contribution is 2.08. The van der Waals surface area contributed by atoms with E-state index in [1.807, 2.05) is 54.6 Å². The molecule has 1 amide bonds. The molecule has 0 aromatic heterocycles. The number of benzene rings is 2. The fourth-order valence-electron chi connectivity index (χ4n) is 1.91. The average Bonchev–Trinajstić information content (AvgIpc) is 2.53. The lowest BCUT2D eigenvalue weighted by atomic mass is 10.1. The molecule has 2 aromatic rings. The van der Waals surface area contributed by atoms with E-state index in [0.717, 1.165) is 12.0 Å². The standard InChI is InChI=1S/C17H20N2O2/c18-11-10-14-6-8-15(9-7-14)12-19-17(20)13-21-16-4-2-1-3-5-16/h1-9H,10-13,18H2,(H,19,20). The van der Waals surface area contributed by atoms with Crippen molar-refractivity contribution in [3.63, 3.8) is 0 Å². The lowest BCUT2D eigenvalue weighted by Crippen LogP contribution is -2.28. The second-order valence-corrected chi connectivity index (χ2v) is 4.73. The molecule has 4 nitrogen and oxygen atoms in total. The van der Waals surface area contributed by atoms with E-state index in [1.165, 1.54) is 5.56 Å². The maximum atomic E-state index is 11.7. The Labute approximate surface area is 124 Å². The number of hydrogen-bond donors (Lipinski definition) is 2. The fourth-order valence-corrected chi connectivity index (χ4v) is 1.91. The molecule has 0 fully saturated rings. The van der Waals surface area contributed by atoms with Crippen molar-refractivity contribution in [1.29, 1.82) is 0 Å². The highest BCUT2D eigenvalue weighted by Gasteiger charge is 2.02. The smallest absolute Gasteiger partial charge is 0.258 e. The number of carbonyl (C=O) groups is 1. The van der Waals surface area contributed by atoms with E-state index in [4.69, 9.17) is 10.5 Å². The van der Waals surface area contributed by atoms with Gasteiger partial charge in [-0.1, -0.05) is 42.5 Å². The molecular weight excluding hydrogens is 264 g/mol. The van der Waals surface area contributed by atoms with Gasteiger partial charge in [-0.25, -0.2) is 0 Å². The van der Waals surface area contributed by atoms with Gasteiger partial charge in [0, 0.05) is 6.54 Å². The van der Waals surface area contributed by atoms with Crippen LogP contribution >= 0.6 is 0 Å². The maximum Gasteiger partial charge on any atom is 0.258 e. The third kappa shape index (κ3) is 5.28. The third-order valence-electron chi connectivity index (χ3n) is 3.06. The summed E-state index contributed by atoms with van der Waals surface area (Å²) in [4.78, 5) is 11.7. The molecule has 21 heavy (non-hydrogen) atoms. The molecule has 0 unspecified atom stereocenters. The molecule has 110 valence electrons. The van der Waals surface area contributed by atoms with Crippen molar-refractivity contribution in [2.24, 2.45) is 5.73 Å². The van der Waals surface area contributed by atoms with Crippen molar-refractivity contribution in [1.82, 2.24) is 5.32 Å². The third-order valence-corrected chi connectivity index (χ3v) is 3.06. The van der Waals surface area contributed by atoms with Gasteiger partial charge in [0.2, 0.25) is 0 Å². The van der Waals surface area contributed by atoms with Crippen LogP contribution in [0.4, 0.5) is 0 Å². The zero-order chi connectivity index (χ0) is 14.9. The zero-order valence-corrected chi connectivity index (χ0v) is 11.9. The van der Waals surface area contributed by atoms with Gasteiger partial charge in [0.1, 0.15) is 5.75 Å². The minimum Gasteiger partial charge on any atom is -0.484 e. The van der Waals surface area contributed by atoms with Crippen molar-refractivity contribution in [2.45, 2.75) is 13.0 Å². The Morgan fingerprint density at radius 3 is 2.33 bits per heavy atom. The molecule has 2 aromatic carbocycles. The average molecular weight is 284 g/mol. The van der Waals surface area contributed by atoms with Gasteiger partial charge in [0.15, 0.2) is 6.61 Å². The van der Waals surface area contributed by atoms with Crippen LogP contribution in [0.5, 0.6) is 5.75 Å². The maximum absolute atomic E-state index is 11.7. The molecule has 3 N–H and O–H groups in total. The van der Waals surface area contributed by atoms with E-state index in [1.54, 1.807) is 0 Å². The van der Waals surface area contributed by atoms with E-state index < -0.39 is 0 Å². The van der Waals surface area contributed by atoms with Crippen LogP contribution < -0.4 is 15.8 Å². The van der Waals surface area contributed by atoms with Gasteiger partial charge in [-0.05, 0) is 36.2 Å². The van der Waals surface area contributed by atoms with Crippen LogP contribution in [0.1, 0.15) is 11.1 Å². The van der Waals surface area contributed by atoms with Gasteiger partial charge >= 0.3 is 0 Å². The summed E-state index contributed by atoms with van der Waals surface area (Å²) in [5.41, 5.74) is 7.77. The second-order valence-electron chi connectivity index (χ2n) is 4.73. The molecule has 0 spiro atoms. The molecule has 0 aliphatic rings. The number of ether oxygens (including phenoxy) is 1. The molecule has 0 aliphatic heterocycles. The molecule has 0 saturated carbocycles. The molecule has 0 saturated heterocycles. The van der Waals surface area contributed by atoms with Gasteiger partial charge in [0.05, 0.1) is 0 Å². The molecule has 4 heteroatoms. The van der Waals surface area contributed by atoms with E-state index in [-0.39, 0.29) is 12.5 Å². The Morgan fingerprint density at radius 1 is 1.00 bits per heavy atom. The number of nitrogens with two attached hydrogens (primary N) is 1. The van der Waals surface area contributed by atoms with Crippen molar-refractivity contribution >= 4 is 5.91 Å². The Hall–Kier alpha value is -2.33. The van der Waals surface area contributed by atoms with Gasteiger partial charge in [-0.3, -0.25) is 4.79 Å². The van der Waals surface area contributed by atoms with Crippen molar-refractivity contribution < 1.29 is 9.53 Å². The summed E-state index contributed by atoms with van der Waals surface area (Å²) in [7, 11) is 0. The number of para-hydroxylation sites is 1. The van der Waals surface area contributed by atoms with Gasteiger partial charge in [-0.2, -0.15) is 0 Å². The molecule has 0 bridgehead atoms. The first-order chi connectivity index (χ1) is 10.3. The lowest BCUT2D eigenvalue weighted by molar-refractivity contribution is -0.123. The van der Waals surface area contributed by atoms with Crippen molar-refractivity contribution in [2.75, 3.05) is 13.2 Å². The number of nitrogens with one attached hydrogen (secondary N) is 1. The first kappa shape index (κ1) is 15.1. The predicted octanol–water partition coefficient (Wildman–Crippen LogP) is 1.88. The van der Waals surface area contributed by atoms with Crippen LogP contribution in [0, 0.1) is 0 Å². The Balaban J connectivity index is 1.73. The molecule has 2 rings (SSSR count). The number of hydrogen-bond acceptors (Lipinski definition) is 3. The quantitative estimate of drug-likeness (QED) is 0.816. The number of amides is 1.